The molecular formula is C14H20N2O2. The molecule has 1 fully saturated rings. The molecule has 0 aliphatic carbocycles. The van der Waals surface area contributed by atoms with Crippen molar-refractivity contribution in [2.24, 2.45) is 5.73 Å². The molecule has 18 heavy (non-hydrogen) atoms. The van der Waals surface area contributed by atoms with E-state index in [1.54, 1.807) is 7.11 Å². The summed E-state index contributed by atoms with van der Waals surface area (Å²) in [6.45, 7) is 2.84. The van der Waals surface area contributed by atoms with Gasteiger partial charge in [-0.25, -0.2) is 0 Å². The highest BCUT2D eigenvalue weighted by Gasteiger charge is 2.37. The number of carbonyl (C=O) groups is 1. The molecule has 2 unspecified atom stereocenters. The van der Waals surface area contributed by atoms with Gasteiger partial charge in [0, 0.05) is 19.0 Å². The van der Waals surface area contributed by atoms with Gasteiger partial charge >= 0.3 is 0 Å². The van der Waals surface area contributed by atoms with Crippen LogP contribution in [0.4, 0.5) is 0 Å². The zero-order valence-electron chi connectivity index (χ0n) is 10.9. The van der Waals surface area contributed by atoms with E-state index in [9.17, 15) is 4.79 Å². The maximum absolute atomic E-state index is 11.9. The molecule has 1 aliphatic rings. The van der Waals surface area contributed by atoms with Crippen LogP contribution in [0.1, 0.15) is 31.4 Å². The summed E-state index contributed by atoms with van der Waals surface area (Å²) in [6, 6.07) is 7.69. The van der Waals surface area contributed by atoms with Gasteiger partial charge in [0.2, 0.25) is 5.91 Å². The number of hydrogen-bond acceptors (Lipinski definition) is 3. The number of hydrogen-bond donors (Lipinski definition) is 1. The fraction of sp³-hybridized carbons (Fsp3) is 0.500. The molecule has 2 N–H and O–H groups in total. The number of nitrogens with two attached hydrogens (primary N) is 1. The molecule has 4 heteroatoms. The topological polar surface area (TPSA) is 55.6 Å². The maximum atomic E-state index is 11.9. The number of ether oxygens (including phenoxy) is 1. The molecular weight excluding hydrogens is 228 g/mol. The van der Waals surface area contributed by atoms with Crippen LogP contribution in [0.25, 0.3) is 0 Å². The summed E-state index contributed by atoms with van der Waals surface area (Å²) in [4.78, 5) is 13.8. The molecule has 2 rings (SSSR count). The van der Waals surface area contributed by atoms with E-state index in [0.29, 0.717) is 6.42 Å². The Morgan fingerprint density at radius 3 is 2.61 bits per heavy atom. The van der Waals surface area contributed by atoms with Crippen molar-refractivity contribution >= 4 is 5.91 Å². The summed E-state index contributed by atoms with van der Waals surface area (Å²) in [5.74, 6) is 0.976. The Morgan fingerprint density at radius 1 is 1.39 bits per heavy atom. The standard InChI is InChI=1S/C14H20N2O2/c1-3-8-16-13(17)9-12(15)14(16)10-4-6-11(18-2)7-5-10/h4-7,12,14H,3,8-9,15H2,1-2H3. The molecule has 0 aromatic heterocycles. The Kier molecular flexibility index (Phi) is 3.87. The van der Waals surface area contributed by atoms with Crippen molar-refractivity contribution in [2.45, 2.75) is 31.8 Å². The minimum atomic E-state index is -0.113. The lowest BCUT2D eigenvalue weighted by molar-refractivity contribution is -0.129. The van der Waals surface area contributed by atoms with Crippen molar-refractivity contribution in [1.82, 2.24) is 4.90 Å². The lowest BCUT2D eigenvalue weighted by Crippen LogP contribution is -2.33. The second-order valence-corrected chi connectivity index (χ2v) is 4.67. The van der Waals surface area contributed by atoms with Crippen LogP contribution in [-0.2, 0) is 4.79 Å². The summed E-state index contributed by atoms with van der Waals surface area (Å²) in [7, 11) is 1.64. The smallest absolute Gasteiger partial charge is 0.224 e. The van der Waals surface area contributed by atoms with Crippen molar-refractivity contribution in [2.75, 3.05) is 13.7 Å². The van der Waals surface area contributed by atoms with Crippen LogP contribution in [0.15, 0.2) is 24.3 Å². The first kappa shape index (κ1) is 12.9. The van der Waals surface area contributed by atoms with E-state index in [4.69, 9.17) is 10.5 Å². The van der Waals surface area contributed by atoms with Crippen LogP contribution < -0.4 is 10.5 Å². The summed E-state index contributed by atoms with van der Waals surface area (Å²) in [6.07, 6.45) is 1.39. The number of carbonyl (C=O) groups excluding carboxylic acids is 1. The average molecular weight is 248 g/mol. The van der Waals surface area contributed by atoms with Crippen molar-refractivity contribution in [3.8, 4) is 5.75 Å². The monoisotopic (exact) mass is 248 g/mol. The lowest BCUT2D eigenvalue weighted by atomic mass is 10.0. The second-order valence-electron chi connectivity index (χ2n) is 4.67. The molecule has 4 nitrogen and oxygen atoms in total. The minimum Gasteiger partial charge on any atom is -0.497 e. The molecule has 0 spiro atoms. The van der Waals surface area contributed by atoms with Gasteiger partial charge in [0.25, 0.3) is 0 Å². The Balaban J connectivity index is 2.25. The lowest BCUT2D eigenvalue weighted by Gasteiger charge is -2.27. The van der Waals surface area contributed by atoms with Gasteiger partial charge in [-0.3, -0.25) is 4.79 Å². The van der Waals surface area contributed by atoms with Crippen LogP contribution in [0.2, 0.25) is 0 Å². The average Bonchev–Trinajstić information content (AvgIpc) is 2.65. The normalized spacial score (nSPS) is 23.5. The number of methoxy groups -OCH3 is 1. The predicted molar refractivity (Wildman–Crippen MR) is 70.3 cm³/mol. The van der Waals surface area contributed by atoms with Crippen molar-refractivity contribution in [3.05, 3.63) is 29.8 Å². The molecule has 0 saturated carbocycles. The van der Waals surface area contributed by atoms with E-state index < -0.39 is 0 Å². The fourth-order valence-corrected chi connectivity index (χ4v) is 2.55. The van der Waals surface area contributed by atoms with Crippen LogP contribution in [0.3, 0.4) is 0 Å². The zero-order chi connectivity index (χ0) is 13.1. The molecule has 0 bridgehead atoms. The highest BCUT2D eigenvalue weighted by Crippen LogP contribution is 2.32. The Bertz CT molecular complexity index is 416. The van der Waals surface area contributed by atoms with Crippen LogP contribution in [-0.4, -0.2) is 30.5 Å². The number of amides is 1. The number of rotatable bonds is 4. The third-order valence-electron chi connectivity index (χ3n) is 3.39. The van der Waals surface area contributed by atoms with Crippen LogP contribution in [0, 0.1) is 0 Å². The summed E-state index contributed by atoms with van der Waals surface area (Å²) >= 11 is 0. The van der Waals surface area contributed by atoms with Crippen LogP contribution >= 0.6 is 0 Å². The largest absolute Gasteiger partial charge is 0.497 e. The highest BCUT2D eigenvalue weighted by molar-refractivity contribution is 5.80. The first-order valence-electron chi connectivity index (χ1n) is 6.36. The molecule has 1 aromatic rings. The van der Waals surface area contributed by atoms with Gasteiger partial charge in [0.05, 0.1) is 13.2 Å². The Morgan fingerprint density at radius 2 is 2.06 bits per heavy atom. The maximum Gasteiger partial charge on any atom is 0.224 e. The Hall–Kier alpha value is -1.55. The van der Waals surface area contributed by atoms with E-state index in [0.717, 1.165) is 24.3 Å². The minimum absolute atomic E-state index is 0.00311. The highest BCUT2D eigenvalue weighted by atomic mass is 16.5. The molecule has 0 radical (unpaired) electrons. The molecule has 1 aliphatic heterocycles. The van der Waals surface area contributed by atoms with Crippen molar-refractivity contribution in [3.63, 3.8) is 0 Å². The third-order valence-corrected chi connectivity index (χ3v) is 3.39. The molecule has 1 saturated heterocycles. The van der Waals surface area contributed by atoms with Gasteiger partial charge in [-0.1, -0.05) is 19.1 Å². The molecule has 1 amide bonds. The quantitative estimate of drug-likeness (QED) is 0.882. The van der Waals surface area contributed by atoms with E-state index in [1.165, 1.54) is 0 Å². The molecule has 2 atom stereocenters. The van der Waals surface area contributed by atoms with E-state index in [1.807, 2.05) is 29.2 Å². The molecule has 98 valence electrons. The second kappa shape index (κ2) is 5.40. The first-order valence-corrected chi connectivity index (χ1v) is 6.36. The van der Waals surface area contributed by atoms with Crippen molar-refractivity contribution < 1.29 is 9.53 Å². The molecule has 1 aromatic carbocycles. The summed E-state index contributed by atoms with van der Waals surface area (Å²) in [5.41, 5.74) is 7.18. The van der Waals surface area contributed by atoms with E-state index in [-0.39, 0.29) is 18.0 Å². The zero-order valence-corrected chi connectivity index (χ0v) is 10.9. The van der Waals surface area contributed by atoms with Gasteiger partial charge in [-0.2, -0.15) is 0 Å². The predicted octanol–water partition coefficient (Wildman–Crippen LogP) is 1.71. The summed E-state index contributed by atoms with van der Waals surface area (Å²) in [5, 5.41) is 0. The van der Waals surface area contributed by atoms with Gasteiger partial charge in [0.1, 0.15) is 5.75 Å². The number of benzene rings is 1. The van der Waals surface area contributed by atoms with Crippen LogP contribution in [0.5, 0.6) is 5.75 Å². The van der Waals surface area contributed by atoms with Gasteiger partial charge in [-0.15, -0.1) is 0 Å². The fourth-order valence-electron chi connectivity index (χ4n) is 2.55. The Labute approximate surface area is 108 Å². The number of likely N-dealkylation sites (tertiary alicyclic amines) is 1. The number of nitrogens with zero attached hydrogens (tertiary/aromatic N) is 1. The van der Waals surface area contributed by atoms with E-state index >= 15 is 0 Å². The third kappa shape index (κ3) is 2.34. The first-order chi connectivity index (χ1) is 8.67. The SMILES string of the molecule is CCCN1C(=O)CC(N)C1c1ccc(OC)cc1. The summed E-state index contributed by atoms with van der Waals surface area (Å²) < 4.78 is 5.14. The van der Waals surface area contributed by atoms with Gasteiger partial charge < -0.3 is 15.4 Å². The van der Waals surface area contributed by atoms with Crippen molar-refractivity contribution in [1.29, 1.82) is 0 Å². The van der Waals surface area contributed by atoms with Gasteiger partial charge in [0.15, 0.2) is 0 Å². The van der Waals surface area contributed by atoms with E-state index in [2.05, 4.69) is 6.92 Å². The van der Waals surface area contributed by atoms with Gasteiger partial charge in [-0.05, 0) is 24.1 Å². The molecule has 1 heterocycles.